The summed E-state index contributed by atoms with van der Waals surface area (Å²) in [5, 5.41) is 11.6. The minimum Gasteiger partial charge on any atom is -0.508 e. The normalized spacial score (nSPS) is 10.2. The maximum atomic E-state index is 10.7. The zero-order chi connectivity index (χ0) is 9.26. The smallest absolute Gasteiger partial charge is 0.357 e. The van der Waals surface area contributed by atoms with Crippen LogP contribution in [0.2, 0.25) is 0 Å². The fourth-order valence-corrected chi connectivity index (χ4v) is 1.10. The topological polar surface area (TPSA) is 66.2 Å². The highest BCUT2D eigenvalue weighted by Crippen LogP contribution is 2.19. The lowest BCUT2D eigenvalue weighted by Crippen LogP contribution is -1.85. The summed E-state index contributed by atoms with van der Waals surface area (Å²) in [4.78, 5) is 10.7. The number of aromatic amines is 1. The first kappa shape index (κ1) is 7.67. The van der Waals surface area contributed by atoms with E-state index in [1.54, 1.807) is 24.3 Å². The van der Waals surface area contributed by atoms with Crippen LogP contribution in [-0.4, -0.2) is 10.3 Å². The van der Waals surface area contributed by atoms with Gasteiger partial charge in [0.05, 0.1) is 11.8 Å². The maximum Gasteiger partial charge on any atom is 0.357 e. The van der Waals surface area contributed by atoms with Gasteiger partial charge in [-0.15, -0.1) is 0 Å². The molecule has 0 atom stereocenters. The van der Waals surface area contributed by atoms with E-state index < -0.39 is 5.63 Å². The molecule has 1 heterocycles. The van der Waals surface area contributed by atoms with Crippen LogP contribution < -0.4 is 5.63 Å². The van der Waals surface area contributed by atoms with Crippen LogP contribution in [0.1, 0.15) is 0 Å². The highest BCUT2D eigenvalue weighted by molar-refractivity contribution is 5.59. The van der Waals surface area contributed by atoms with Gasteiger partial charge in [0.1, 0.15) is 5.75 Å². The zero-order valence-electron chi connectivity index (χ0n) is 6.65. The fourth-order valence-electron chi connectivity index (χ4n) is 1.10. The Morgan fingerprint density at radius 1 is 1.31 bits per heavy atom. The Morgan fingerprint density at radius 2 is 2.15 bits per heavy atom. The molecule has 66 valence electrons. The van der Waals surface area contributed by atoms with Crippen LogP contribution in [0.3, 0.4) is 0 Å². The quantitative estimate of drug-likeness (QED) is 0.690. The highest BCUT2D eigenvalue weighted by atomic mass is 16.5. The first-order chi connectivity index (χ1) is 6.25. The number of phenolic OH excluding ortho intramolecular Hbond substituents is 1. The SMILES string of the molecule is O=c1cc(-c2cccc(O)c2)[nH]o1. The molecule has 0 amide bonds. The minimum absolute atomic E-state index is 0.152. The van der Waals surface area contributed by atoms with Crippen molar-refractivity contribution in [3.63, 3.8) is 0 Å². The Kier molecular flexibility index (Phi) is 1.66. The fraction of sp³-hybridized carbons (Fsp3) is 0. The molecular formula is C9H7NO3. The van der Waals surface area contributed by atoms with Crippen molar-refractivity contribution in [2.75, 3.05) is 0 Å². The summed E-state index contributed by atoms with van der Waals surface area (Å²) in [5.41, 5.74) is 0.838. The van der Waals surface area contributed by atoms with Crippen molar-refractivity contribution in [2.24, 2.45) is 0 Å². The molecule has 4 nitrogen and oxygen atoms in total. The molecule has 0 aliphatic rings. The van der Waals surface area contributed by atoms with Gasteiger partial charge in [0.15, 0.2) is 0 Å². The minimum atomic E-state index is -0.432. The van der Waals surface area contributed by atoms with Crippen LogP contribution in [-0.2, 0) is 0 Å². The van der Waals surface area contributed by atoms with E-state index in [4.69, 9.17) is 5.11 Å². The van der Waals surface area contributed by atoms with Gasteiger partial charge in [-0.3, -0.25) is 0 Å². The Balaban J connectivity index is 2.52. The molecule has 1 aromatic carbocycles. The number of H-pyrrole nitrogens is 1. The van der Waals surface area contributed by atoms with Crippen molar-refractivity contribution in [3.05, 3.63) is 40.8 Å². The van der Waals surface area contributed by atoms with Crippen LogP contribution in [0.4, 0.5) is 0 Å². The Bertz CT molecular complexity index is 469. The molecule has 0 aliphatic carbocycles. The van der Waals surface area contributed by atoms with Crippen molar-refractivity contribution in [1.82, 2.24) is 5.16 Å². The molecule has 0 radical (unpaired) electrons. The lowest BCUT2D eigenvalue weighted by molar-refractivity contribution is 0.394. The molecular weight excluding hydrogens is 170 g/mol. The number of hydrogen-bond acceptors (Lipinski definition) is 3. The predicted octanol–water partition coefficient (Wildman–Crippen LogP) is 1.34. The maximum absolute atomic E-state index is 10.7. The largest absolute Gasteiger partial charge is 0.508 e. The van der Waals surface area contributed by atoms with E-state index in [0.717, 1.165) is 0 Å². The van der Waals surface area contributed by atoms with Gasteiger partial charge in [-0.2, -0.15) is 0 Å². The highest BCUT2D eigenvalue weighted by Gasteiger charge is 2.01. The lowest BCUT2D eigenvalue weighted by Gasteiger charge is -1.95. The summed E-state index contributed by atoms with van der Waals surface area (Å²) in [6.07, 6.45) is 0. The standard InChI is InChI=1S/C9H7NO3/c11-7-3-1-2-6(4-7)8-5-9(12)13-10-8/h1-5,10-11H. The van der Waals surface area contributed by atoms with Crippen molar-refractivity contribution >= 4 is 0 Å². The number of nitrogens with one attached hydrogen (secondary N) is 1. The van der Waals surface area contributed by atoms with Crippen molar-refractivity contribution in [3.8, 4) is 17.0 Å². The van der Waals surface area contributed by atoms with E-state index in [9.17, 15) is 4.79 Å². The van der Waals surface area contributed by atoms with Crippen molar-refractivity contribution in [1.29, 1.82) is 0 Å². The summed E-state index contributed by atoms with van der Waals surface area (Å²) in [6, 6.07) is 7.88. The average Bonchev–Trinajstić information content (AvgIpc) is 2.52. The molecule has 0 saturated heterocycles. The molecule has 4 heteroatoms. The van der Waals surface area contributed by atoms with E-state index in [1.807, 2.05) is 0 Å². The number of aromatic nitrogens is 1. The summed E-state index contributed by atoms with van der Waals surface area (Å²) in [7, 11) is 0. The van der Waals surface area contributed by atoms with E-state index in [0.29, 0.717) is 11.3 Å². The van der Waals surface area contributed by atoms with Crippen LogP contribution >= 0.6 is 0 Å². The second kappa shape index (κ2) is 2.82. The van der Waals surface area contributed by atoms with Gasteiger partial charge in [0.25, 0.3) is 0 Å². The third kappa shape index (κ3) is 1.46. The van der Waals surface area contributed by atoms with Gasteiger partial charge in [0, 0.05) is 5.56 Å². The molecule has 2 rings (SSSR count). The molecule has 13 heavy (non-hydrogen) atoms. The molecule has 0 spiro atoms. The first-order valence-corrected chi connectivity index (χ1v) is 3.73. The van der Waals surface area contributed by atoms with Gasteiger partial charge < -0.3 is 9.63 Å². The molecule has 1 aromatic heterocycles. The van der Waals surface area contributed by atoms with Crippen LogP contribution in [0.25, 0.3) is 11.3 Å². The van der Waals surface area contributed by atoms with Crippen LogP contribution in [0, 0.1) is 0 Å². The first-order valence-electron chi connectivity index (χ1n) is 3.73. The van der Waals surface area contributed by atoms with Gasteiger partial charge in [-0.1, -0.05) is 12.1 Å². The monoisotopic (exact) mass is 177 g/mol. The van der Waals surface area contributed by atoms with Crippen LogP contribution in [0.5, 0.6) is 5.75 Å². The molecule has 2 N–H and O–H groups in total. The number of benzene rings is 1. The van der Waals surface area contributed by atoms with Crippen molar-refractivity contribution < 1.29 is 9.63 Å². The lowest BCUT2D eigenvalue weighted by atomic mass is 10.1. The van der Waals surface area contributed by atoms with E-state index in [1.165, 1.54) is 6.07 Å². The summed E-state index contributed by atoms with van der Waals surface area (Å²) in [6.45, 7) is 0. The molecule has 0 unspecified atom stereocenters. The second-order valence-corrected chi connectivity index (χ2v) is 2.63. The van der Waals surface area contributed by atoms with Gasteiger partial charge in [-0.05, 0) is 12.1 Å². The molecule has 0 saturated carbocycles. The number of phenols is 1. The summed E-state index contributed by atoms with van der Waals surface area (Å²) >= 11 is 0. The van der Waals surface area contributed by atoms with Gasteiger partial charge in [-0.25, -0.2) is 9.95 Å². The Hall–Kier alpha value is -1.97. The van der Waals surface area contributed by atoms with Crippen LogP contribution in [0.15, 0.2) is 39.6 Å². The number of rotatable bonds is 1. The van der Waals surface area contributed by atoms with Crippen molar-refractivity contribution in [2.45, 2.75) is 0 Å². The third-order valence-electron chi connectivity index (χ3n) is 1.68. The van der Waals surface area contributed by atoms with E-state index in [-0.39, 0.29) is 5.75 Å². The third-order valence-corrected chi connectivity index (χ3v) is 1.68. The Labute approximate surface area is 73.4 Å². The van der Waals surface area contributed by atoms with E-state index in [2.05, 4.69) is 9.68 Å². The predicted molar refractivity (Wildman–Crippen MR) is 46.4 cm³/mol. The Morgan fingerprint density at radius 3 is 2.77 bits per heavy atom. The second-order valence-electron chi connectivity index (χ2n) is 2.63. The molecule has 0 fully saturated rings. The average molecular weight is 177 g/mol. The summed E-state index contributed by atoms with van der Waals surface area (Å²) < 4.78 is 4.50. The van der Waals surface area contributed by atoms with Gasteiger partial charge in [0.2, 0.25) is 0 Å². The number of aromatic hydroxyl groups is 1. The number of hydrogen-bond donors (Lipinski definition) is 2. The van der Waals surface area contributed by atoms with Gasteiger partial charge >= 0.3 is 5.63 Å². The molecule has 0 aliphatic heterocycles. The van der Waals surface area contributed by atoms with E-state index >= 15 is 0 Å². The summed E-state index contributed by atoms with van der Waals surface area (Å²) in [5.74, 6) is 0.152. The molecule has 2 aromatic rings. The zero-order valence-corrected chi connectivity index (χ0v) is 6.65. The molecule has 0 bridgehead atoms.